The van der Waals surface area contributed by atoms with Crippen LogP contribution in [-0.2, 0) is 21.2 Å². The minimum Gasteiger partial charge on any atom is -0.326 e. The minimum atomic E-state index is -3.45. The van der Waals surface area contributed by atoms with Gasteiger partial charge in [-0.05, 0) is 49.6 Å². The molecule has 1 fully saturated rings. The maximum absolute atomic E-state index is 13.5. The number of carbonyl (C=O) groups is 1. The first-order valence-electron chi connectivity index (χ1n) is 8.01. The minimum absolute atomic E-state index is 0.0513. The average molecular weight is 382 g/mol. The number of amides is 1. The predicted molar refractivity (Wildman–Crippen MR) is 95.8 cm³/mol. The van der Waals surface area contributed by atoms with Crippen LogP contribution in [0.15, 0.2) is 34.5 Å². The molecule has 0 radical (unpaired) electrons. The predicted octanol–water partition coefficient (Wildman–Crippen LogP) is 3.16. The van der Waals surface area contributed by atoms with Crippen molar-refractivity contribution >= 4 is 33.0 Å². The second-order valence-electron chi connectivity index (χ2n) is 6.02. The Hall–Kier alpha value is -1.77. The van der Waals surface area contributed by atoms with Gasteiger partial charge in [0.1, 0.15) is 10.0 Å². The first-order valence-corrected chi connectivity index (χ1v) is 10.3. The van der Waals surface area contributed by atoms with Crippen molar-refractivity contribution in [1.82, 2.24) is 4.31 Å². The number of hydrogen-bond donors (Lipinski definition) is 1. The molecule has 0 bridgehead atoms. The Labute approximate surface area is 150 Å². The lowest BCUT2D eigenvalue weighted by atomic mass is 10.2. The van der Waals surface area contributed by atoms with Gasteiger partial charge in [0, 0.05) is 23.7 Å². The van der Waals surface area contributed by atoms with Crippen LogP contribution in [0.2, 0.25) is 0 Å². The Balaban J connectivity index is 1.66. The number of nitrogens with zero attached hydrogens (tertiary/aromatic N) is 1. The number of nitrogens with one attached hydrogen (secondary N) is 1. The number of anilines is 1. The zero-order valence-electron chi connectivity index (χ0n) is 13.8. The highest BCUT2D eigenvalue weighted by Gasteiger charge is 2.28. The van der Waals surface area contributed by atoms with Crippen LogP contribution in [-0.4, -0.2) is 31.7 Å². The number of rotatable bonds is 5. The number of halogens is 1. The van der Waals surface area contributed by atoms with Gasteiger partial charge < -0.3 is 5.32 Å². The van der Waals surface area contributed by atoms with Gasteiger partial charge in [-0.15, -0.1) is 11.3 Å². The largest absolute Gasteiger partial charge is 0.326 e. The number of sulfonamides is 1. The molecule has 3 rings (SSSR count). The Morgan fingerprint density at radius 2 is 1.96 bits per heavy atom. The molecule has 0 atom stereocenters. The molecule has 1 saturated heterocycles. The molecule has 0 aliphatic carbocycles. The molecule has 1 amide bonds. The molecule has 1 N–H and O–H groups in total. The van der Waals surface area contributed by atoms with E-state index in [1.54, 1.807) is 31.2 Å². The molecule has 2 aromatic rings. The summed E-state index contributed by atoms with van der Waals surface area (Å²) in [5, 5.41) is 2.63. The van der Waals surface area contributed by atoms with Gasteiger partial charge in [0.15, 0.2) is 0 Å². The van der Waals surface area contributed by atoms with E-state index in [2.05, 4.69) is 5.32 Å². The van der Waals surface area contributed by atoms with Crippen molar-refractivity contribution in [2.75, 3.05) is 18.4 Å². The SMILES string of the molecule is Cc1ccc(NC(=O)Cc2ccc(S(=O)(=O)N3CCCC3)s2)cc1F. The maximum atomic E-state index is 13.5. The van der Waals surface area contributed by atoms with E-state index < -0.39 is 10.0 Å². The summed E-state index contributed by atoms with van der Waals surface area (Å²) in [6.45, 7) is 2.75. The second kappa shape index (κ2) is 7.23. The number of hydrogen-bond acceptors (Lipinski definition) is 4. The van der Waals surface area contributed by atoms with E-state index in [0.717, 1.165) is 24.2 Å². The molecule has 2 heterocycles. The fraction of sp³-hybridized carbons (Fsp3) is 0.353. The maximum Gasteiger partial charge on any atom is 0.252 e. The molecule has 8 heteroatoms. The third-order valence-corrected chi connectivity index (χ3v) is 7.54. The van der Waals surface area contributed by atoms with Gasteiger partial charge in [-0.25, -0.2) is 12.8 Å². The van der Waals surface area contributed by atoms with E-state index >= 15 is 0 Å². The van der Waals surface area contributed by atoms with Gasteiger partial charge in [0.25, 0.3) is 10.0 Å². The van der Waals surface area contributed by atoms with Crippen LogP contribution in [0.25, 0.3) is 0 Å². The third-order valence-electron chi connectivity index (χ3n) is 4.09. The summed E-state index contributed by atoms with van der Waals surface area (Å²) in [6.07, 6.45) is 1.82. The Morgan fingerprint density at radius 1 is 1.24 bits per heavy atom. The number of carbonyl (C=O) groups excluding carboxylic acids is 1. The van der Waals surface area contributed by atoms with Crippen molar-refractivity contribution in [1.29, 1.82) is 0 Å². The van der Waals surface area contributed by atoms with Gasteiger partial charge in [-0.3, -0.25) is 4.79 Å². The van der Waals surface area contributed by atoms with E-state index in [1.807, 2.05) is 0 Å². The van der Waals surface area contributed by atoms with Crippen molar-refractivity contribution in [3.63, 3.8) is 0 Å². The molecule has 1 aromatic heterocycles. The summed E-state index contributed by atoms with van der Waals surface area (Å²) in [5.74, 6) is -0.692. The quantitative estimate of drug-likeness (QED) is 0.864. The molecule has 0 unspecified atom stereocenters. The van der Waals surface area contributed by atoms with E-state index in [0.29, 0.717) is 29.2 Å². The summed E-state index contributed by atoms with van der Waals surface area (Å²) >= 11 is 1.11. The Morgan fingerprint density at radius 3 is 2.64 bits per heavy atom. The number of benzene rings is 1. The standard InChI is InChI=1S/C17H19FN2O3S2/c1-12-4-5-13(10-15(12)18)19-16(21)11-14-6-7-17(24-14)25(22,23)20-8-2-3-9-20/h4-7,10H,2-3,8-9,11H2,1H3,(H,19,21). The van der Waals surface area contributed by atoms with Crippen molar-refractivity contribution in [2.45, 2.75) is 30.4 Å². The molecule has 1 aliphatic rings. The van der Waals surface area contributed by atoms with Crippen molar-refractivity contribution in [3.05, 3.63) is 46.6 Å². The van der Waals surface area contributed by atoms with Crippen LogP contribution in [0, 0.1) is 12.7 Å². The molecular formula is C17H19FN2O3S2. The molecule has 0 saturated carbocycles. The fourth-order valence-electron chi connectivity index (χ4n) is 2.68. The number of thiophene rings is 1. The van der Waals surface area contributed by atoms with E-state index in [9.17, 15) is 17.6 Å². The van der Waals surface area contributed by atoms with Crippen molar-refractivity contribution < 1.29 is 17.6 Å². The van der Waals surface area contributed by atoms with Crippen LogP contribution < -0.4 is 5.32 Å². The zero-order valence-corrected chi connectivity index (χ0v) is 15.4. The molecule has 1 aromatic carbocycles. The van der Waals surface area contributed by atoms with Crippen LogP contribution in [0.5, 0.6) is 0 Å². The van der Waals surface area contributed by atoms with Crippen LogP contribution in [0.4, 0.5) is 10.1 Å². The lowest BCUT2D eigenvalue weighted by Crippen LogP contribution is -2.27. The second-order valence-corrected chi connectivity index (χ2v) is 9.35. The van der Waals surface area contributed by atoms with Gasteiger partial charge in [0.05, 0.1) is 6.42 Å². The first kappa shape index (κ1) is 18.0. The molecule has 5 nitrogen and oxygen atoms in total. The van der Waals surface area contributed by atoms with Gasteiger partial charge >= 0.3 is 0 Å². The first-order chi connectivity index (χ1) is 11.9. The highest BCUT2D eigenvalue weighted by atomic mass is 32.2. The summed E-state index contributed by atoms with van der Waals surface area (Å²) in [4.78, 5) is 12.8. The molecule has 0 spiro atoms. The van der Waals surface area contributed by atoms with E-state index in [1.165, 1.54) is 10.4 Å². The Kier molecular flexibility index (Phi) is 5.21. The monoisotopic (exact) mass is 382 g/mol. The molecule has 1 aliphatic heterocycles. The average Bonchev–Trinajstić information content (AvgIpc) is 3.22. The Bertz CT molecular complexity index is 887. The van der Waals surface area contributed by atoms with Gasteiger partial charge in [0.2, 0.25) is 5.91 Å². The van der Waals surface area contributed by atoms with Crippen LogP contribution in [0.1, 0.15) is 23.3 Å². The lowest BCUT2D eigenvalue weighted by Gasteiger charge is -2.13. The lowest BCUT2D eigenvalue weighted by molar-refractivity contribution is -0.115. The van der Waals surface area contributed by atoms with Crippen molar-refractivity contribution in [3.8, 4) is 0 Å². The van der Waals surface area contributed by atoms with E-state index in [-0.39, 0.29) is 22.4 Å². The van der Waals surface area contributed by atoms with Crippen molar-refractivity contribution in [2.24, 2.45) is 0 Å². The summed E-state index contributed by atoms with van der Waals surface area (Å²) in [7, 11) is -3.45. The fourth-order valence-corrected chi connectivity index (χ4v) is 5.71. The van der Waals surface area contributed by atoms with Gasteiger partial charge in [-0.2, -0.15) is 4.31 Å². The van der Waals surface area contributed by atoms with Crippen LogP contribution >= 0.6 is 11.3 Å². The summed E-state index contributed by atoms with van der Waals surface area (Å²) in [6, 6.07) is 7.70. The third kappa shape index (κ3) is 4.08. The summed E-state index contributed by atoms with van der Waals surface area (Å²) in [5.41, 5.74) is 0.891. The van der Waals surface area contributed by atoms with Gasteiger partial charge in [-0.1, -0.05) is 6.07 Å². The highest BCUT2D eigenvalue weighted by Crippen LogP contribution is 2.27. The molecular weight excluding hydrogens is 363 g/mol. The normalized spacial score (nSPS) is 15.4. The van der Waals surface area contributed by atoms with Crippen LogP contribution in [0.3, 0.4) is 0 Å². The number of aryl methyl sites for hydroxylation is 1. The smallest absolute Gasteiger partial charge is 0.252 e. The molecule has 25 heavy (non-hydrogen) atoms. The van der Waals surface area contributed by atoms with E-state index in [4.69, 9.17) is 0 Å². The topological polar surface area (TPSA) is 66.5 Å². The molecule has 134 valence electrons. The highest BCUT2D eigenvalue weighted by molar-refractivity contribution is 7.91. The zero-order chi connectivity index (χ0) is 18.0. The summed E-state index contributed by atoms with van der Waals surface area (Å²) < 4.78 is 40.2.